The van der Waals surface area contributed by atoms with Crippen molar-refractivity contribution in [1.82, 2.24) is 14.5 Å². The lowest BCUT2D eigenvalue weighted by molar-refractivity contribution is -0.0560. The molecule has 2 amide bonds. The van der Waals surface area contributed by atoms with Gasteiger partial charge in [-0.05, 0) is 43.7 Å². The van der Waals surface area contributed by atoms with Crippen molar-refractivity contribution in [3.63, 3.8) is 0 Å². The van der Waals surface area contributed by atoms with Gasteiger partial charge in [0.25, 0.3) is 11.8 Å². The highest BCUT2D eigenvalue weighted by Gasteiger charge is 2.37. The molecule has 0 radical (unpaired) electrons. The van der Waals surface area contributed by atoms with Gasteiger partial charge in [-0.15, -0.1) is 0 Å². The third kappa shape index (κ3) is 4.53. The maximum Gasteiger partial charge on any atom is 0.411 e. The van der Waals surface area contributed by atoms with Crippen LogP contribution in [0.5, 0.6) is 0 Å². The normalized spacial score (nSPS) is 15.6. The number of anilines is 1. The molecule has 1 fully saturated rings. The lowest BCUT2D eigenvalue weighted by Gasteiger charge is -2.32. The van der Waals surface area contributed by atoms with Gasteiger partial charge >= 0.3 is 6.09 Å². The van der Waals surface area contributed by atoms with E-state index in [9.17, 15) is 22.8 Å². The number of hydrogen-bond acceptors (Lipinski definition) is 4. The average molecular weight is 446 g/mol. The molecule has 1 aliphatic rings. The first kappa shape index (κ1) is 21.7. The van der Waals surface area contributed by atoms with E-state index in [-0.39, 0.29) is 37.2 Å². The molecule has 0 spiro atoms. The van der Waals surface area contributed by atoms with Crippen LogP contribution in [-0.4, -0.2) is 52.1 Å². The molecule has 7 nitrogen and oxygen atoms in total. The average Bonchev–Trinajstić information content (AvgIpc) is 3.15. The highest BCUT2D eigenvalue weighted by molar-refractivity contribution is 5.97. The summed E-state index contributed by atoms with van der Waals surface area (Å²) < 4.78 is 47.9. The standard InChI is InChI=1S/C22H21F3N4O3/c1-2-32-21(31)27-17-9-16(23)10-18(11-17)29-7-4-14-8-15(12-26-19(14)29)20(30)28-6-3-5-22(24,25)13-28/h4,7-12H,2-3,5-6,13H2,1H3,(H,27,31). The molecule has 3 aromatic rings. The minimum absolute atomic E-state index is 0.177. The molecule has 0 aliphatic carbocycles. The number of likely N-dealkylation sites (tertiary alicyclic amines) is 1. The summed E-state index contributed by atoms with van der Waals surface area (Å²) in [6.45, 7) is 1.50. The molecule has 168 valence electrons. The smallest absolute Gasteiger partial charge is 0.411 e. The Hall–Kier alpha value is -3.56. The number of amides is 2. The van der Waals surface area contributed by atoms with Crippen LogP contribution < -0.4 is 5.32 Å². The number of alkyl halides is 2. The van der Waals surface area contributed by atoms with Crippen LogP contribution in [-0.2, 0) is 4.74 Å². The van der Waals surface area contributed by atoms with Gasteiger partial charge in [0, 0.05) is 36.4 Å². The number of carbonyl (C=O) groups is 2. The zero-order chi connectivity index (χ0) is 22.9. The number of hydrogen-bond donors (Lipinski definition) is 1. The number of halogens is 3. The zero-order valence-electron chi connectivity index (χ0n) is 17.3. The van der Waals surface area contributed by atoms with Crippen LogP contribution in [0.1, 0.15) is 30.1 Å². The summed E-state index contributed by atoms with van der Waals surface area (Å²) in [6, 6.07) is 7.24. The van der Waals surface area contributed by atoms with E-state index < -0.39 is 30.3 Å². The molecule has 3 heterocycles. The molecule has 32 heavy (non-hydrogen) atoms. The van der Waals surface area contributed by atoms with E-state index >= 15 is 0 Å². The van der Waals surface area contributed by atoms with Crippen LogP contribution in [0.4, 0.5) is 23.7 Å². The van der Waals surface area contributed by atoms with Gasteiger partial charge in [0.1, 0.15) is 11.5 Å². The molecule has 4 rings (SSSR count). The summed E-state index contributed by atoms with van der Waals surface area (Å²) >= 11 is 0. The first-order valence-electron chi connectivity index (χ1n) is 10.1. The van der Waals surface area contributed by atoms with Crippen molar-refractivity contribution in [2.45, 2.75) is 25.7 Å². The number of carbonyl (C=O) groups excluding carboxylic acids is 2. The van der Waals surface area contributed by atoms with Crippen molar-refractivity contribution in [3.8, 4) is 5.69 Å². The van der Waals surface area contributed by atoms with E-state index in [4.69, 9.17) is 4.74 Å². The van der Waals surface area contributed by atoms with E-state index in [0.29, 0.717) is 16.7 Å². The SMILES string of the molecule is CCOC(=O)Nc1cc(F)cc(-n2ccc3cc(C(=O)N4CCCC(F)(F)C4)cnc32)c1. The fourth-order valence-electron chi connectivity index (χ4n) is 3.74. The van der Waals surface area contributed by atoms with Gasteiger partial charge in [0.2, 0.25) is 0 Å². The van der Waals surface area contributed by atoms with Crippen molar-refractivity contribution in [2.24, 2.45) is 0 Å². The number of pyridine rings is 1. The summed E-state index contributed by atoms with van der Waals surface area (Å²) in [5.41, 5.74) is 1.25. The van der Waals surface area contributed by atoms with Gasteiger partial charge in [-0.25, -0.2) is 22.9 Å². The third-order valence-electron chi connectivity index (χ3n) is 5.14. The number of nitrogens with zero attached hydrogens (tertiary/aromatic N) is 3. The van der Waals surface area contributed by atoms with Crippen LogP contribution in [0.3, 0.4) is 0 Å². The number of benzene rings is 1. The van der Waals surface area contributed by atoms with Crippen molar-refractivity contribution < 1.29 is 27.5 Å². The van der Waals surface area contributed by atoms with Gasteiger partial charge in [0.15, 0.2) is 0 Å². The molecular weight excluding hydrogens is 425 g/mol. The van der Waals surface area contributed by atoms with Gasteiger partial charge in [-0.2, -0.15) is 0 Å². The molecule has 0 bridgehead atoms. The number of rotatable bonds is 4. The summed E-state index contributed by atoms with van der Waals surface area (Å²) in [7, 11) is 0. The summed E-state index contributed by atoms with van der Waals surface area (Å²) in [4.78, 5) is 29.8. The van der Waals surface area contributed by atoms with Crippen LogP contribution in [0, 0.1) is 5.82 Å². The molecule has 1 saturated heterocycles. The molecule has 2 aromatic heterocycles. The van der Waals surface area contributed by atoms with E-state index in [0.717, 1.165) is 11.0 Å². The fourth-order valence-corrected chi connectivity index (χ4v) is 3.74. The molecule has 10 heteroatoms. The Morgan fingerprint density at radius 2 is 2.06 bits per heavy atom. The lowest BCUT2D eigenvalue weighted by atomic mass is 10.1. The topological polar surface area (TPSA) is 76.5 Å². The molecule has 1 N–H and O–H groups in total. The minimum Gasteiger partial charge on any atom is -0.450 e. The number of ether oxygens (including phenoxy) is 1. The first-order valence-corrected chi connectivity index (χ1v) is 10.1. The van der Waals surface area contributed by atoms with Crippen LogP contribution >= 0.6 is 0 Å². The summed E-state index contributed by atoms with van der Waals surface area (Å²) in [5, 5.41) is 3.04. The second kappa shape index (κ2) is 8.52. The van der Waals surface area contributed by atoms with Crippen molar-refractivity contribution in [1.29, 1.82) is 0 Å². The molecule has 0 atom stereocenters. The Kier molecular flexibility index (Phi) is 5.77. The van der Waals surface area contributed by atoms with Crippen molar-refractivity contribution in [2.75, 3.05) is 25.0 Å². The van der Waals surface area contributed by atoms with Gasteiger partial charge in [0.05, 0.1) is 24.4 Å². The van der Waals surface area contributed by atoms with E-state index in [1.54, 1.807) is 35.9 Å². The quantitative estimate of drug-likeness (QED) is 0.635. The van der Waals surface area contributed by atoms with Gasteiger partial charge in [-0.1, -0.05) is 0 Å². The monoisotopic (exact) mass is 446 g/mol. The number of nitrogens with one attached hydrogen (secondary N) is 1. The van der Waals surface area contributed by atoms with Gasteiger partial charge in [-0.3, -0.25) is 10.1 Å². The lowest BCUT2D eigenvalue weighted by Crippen LogP contribution is -2.45. The van der Waals surface area contributed by atoms with E-state index in [2.05, 4.69) is 10.3 Å². The number of aromatic nitrogens is 2. The largest absolute Gasteiger partial charge is 0.450 e. The van der Waals surface area contributed by atoms with E-state index in [1.165, 1.54) is 12.3 Å². The fraction of sp³-hybridized carbons (Fsp3) is 0.318. The maximum absolute atomic E-state index is 14.2. The Balaban J connectivity index is 1.62. The molecular formula is C22H21F3N4O3. The van der Waals surface area contributed by atoms with Crippen molar-refractivity contribution >= 4 is 28.7 Å². The second-order valence-corrected chi connectivity index (χ2v) is 7.55. The summed E-state index contributed by atoms with van der Waals surface area (Å²) in [6.07, 6.45) is 2.28. The minimum atomic E-state index is -2.89. The molecule has 1 aliphatic heterocycles. The van der Waals surface area contributed by atoms with Crippen LogP contribution in [0.15, 0.2) is 42.7 Å². The zero-order valence-corrected chi connectivity index (χ0v) is 17.3. The Morgan fingerprint density at radius 3 is 2.81 bits per heavy atom. The highest BCUT2D eigenvalue weighted by atomic mass is 19.3. The van der Waals surface area contributed by atoms with Crippen LogP contribution in [0.2, 0.25) is 0 Å². The predicted octanol–water partition coefficient (Wildman–Crippen LogP) is 4.60. The Labute approximate surface area is 181 Å². The van der Waals surface area contributed by atoms with Gasteiger partial charge < -0.3 is 14.2 Å². The Morgan fingerprint density at radius 1 is 1.25 bits per heavy atom. The van der Waals surface area contributed by atoms with E-state index in [1.807, 2.05) is 0 Å². The highest BCUT2D eigenvalue weighted by Crippen LogP contribution is 2.28. The third-order valence-corrected chi connectivity index (χ3v) is 5.14. The predicted molar refractivity (Wildman–Crippen MR) is 112 cm³/mol. The number of piperidine rings is 1. The van der Waals surface area contributed by atoms with Crippen LogP contribution in [0.25, 0.3) is 16.7 Å². The summed E-state index contributed by atoms with van der Waals surface area (Å²) in [5.74, 6) is -3.96. The first-order chi connectivity index (χ1) is 15.3. The maximum atomic E-state index is 14.2. The molecule has 1 aromatic carbocycles. The number of fused-ring (bicyclic) bond motifs is 1. The molecule has 0 saturated carbocycles. The molecule has 0 unspecified atom stereocenters. The Bertz CT molecular complexity index is 1180. The van der Waals surface area contributed by atoms with Crippen molar-refractivity contribution in [3.05, 3.63) is 54.1 Å². The second-order valence-electron chi connectivity index (χ2n) is 7.55.